The van der Waals surface area contributed by atoms with Gasteiger partial charge in [0.05, 0.1) is 22.4 Å². The minimum atomic E-state index is -0.249. The van der Waals surface area contributed by atoms with Gasteiger partial charge in [-0.05, 0) is 32.0 Å². The monoisotopic (exact) mass is 396 g/mol. The van der Waals surface area contributed by atoms with Crippen molar-refractivity contribution in [2.24, 2.45) is 0 Å². The number of amides is 1. The molecule has 1 aliphatic rings. The van der Waals surface area contributed by atoms with E-state index in [4.69, 9.17) is 27.7 Å². The highest BCUT2D eigenvalue weighted by molar-refractivity contribution is 6.35. The summed E-state index contributed by atoms with van der Waals surface area (Å²) >= 11 is 12.1. The summed E-state index contributed by atoms with van der Waals surface area (Å²) in [5.41, 5.74) is 1.48. The van der Waals surface area contributed by atoms with E-state index in [0.717, 1.165) is 44.2 Å². The van der Waals surface area contributed by atoms with Crippen LogP contribution in [0.5, 0.6) is 0 Å². The van der Waals surface area contributed by atoms with E-state index in [1.54, 1.807) is 18.2 Å². The van der Waals surface area contributed by atoms with Crippen molar-refractivity contribution in [2.45, 2.75) is 26.4 Å². The minimum absolute atomic E-state index is 0.0882. The van der Waals surface area contributed by atoms with Crippen LogP contribution in [0.25, 0.3) is 0 Å². The Kier molecular flexibility index (Phi) is 6.19. The first-order valence-corrected chi connectivity index (χ1v) is 9.32. The van der Waals surface area contributed by atoms with E-state index in [1.165, 1.54) is 0 Å². The largest absolute Gasteiger partial charge is 0.361 e. The highest BCUT2D eigenvalue weighted by Gasteiger charge is 2.26. The summed E-state index contributed by atoms with van der Waals surface area (Å²) in [5, 5.41) is 7.92. The number of aromatic nitrogens is 1. The summed E-state index contributed by atoms with van der Waals surface area (Å²) in [4.78, 5) is 17.0. The summed E-state index contributed by atoms with van der Waals surface area (Å²) in [6.45, 7) is 7.95. The van der Waals surface area contributed by atoms with Gasteiger partial charge < -0.3 is 9.84 Å². The van der Waals surface area contributed by atoms with E-state index in [-0.39, 0.29) is 11.9 Å². The zero-order chi connectivity index (χ0) is 18.7. The molecule has 1 amide bonds. The molecule has 2 heterocycles. The van der Waals surface area contributed by atoms with Crippen LogP contribution in [0.4, 0.5) is 5.69 Å². The molecule has 1 atom stereocenters. The van der Waals surface area contributed by atoms with E-state index in [0.29, 0.717) is 15.7 Å². The van der Waals surface area contributed by atoms with Crippen molar-refractivity contribution < 1.29 is 9.32 Å². The van der Waals surface area contributed by atoms with E-state index < -0.39 is 0 Å². The van der Waals surface area contributed by atoms with Crippen LogP contribution in [0.15, 0.2) is 28.8 Å². The summed E-state index contributed by atoms with van der Waals surface area (Å²) in [5.74, 6) is 0.735. The maximum atomic E-state index is 12.6. The van der Waals surface area contributed by atoms with Gasteiger partial charge in [-0.3, -0.25) is 14.6 Å². The van der Waals surface area contributed by atoms with Crippen molar-refractivity contribution in [1.29, 1.82) is 0 Å². The van der Waals surface area contributed by atoms with Gasteiger partial charge in [0, 0.05) is 43.8 Å². The first kappa shape index (κ1) is 19.2. The number of piperazine rings is 1. The van der Waals surface area contributed by atoms with Gasteiger partial charge in [-0.1, -0.05) is 28.4 Å². The average molecular weight is 397 g/mol. The molecule has 2 aromatic rings. The van der Waals surface area contributed by atoms with Gasteiger partial charge in [-0.25, -0.2) is 0 Å². The Balaban J connectivity index is 1.51. The molecule has 8 heteroatoms. The van der Waals surface area contributed by atoms with Crippen LogP contribution in [0.3, 0.4) is 0 Å². The average Bonchev–Trinajstić information content (AvgIpc) is 3.03. The van der Waals surface area contributed by atoms with Crippen LogP contribution in [-0.4, -0.2) is 53.1 Å². The maximum absolute atomic E-state index is 12.6. The molecular formula is C18H22Cl2N4O2. The third-order valence-corrected chi connectivity index (χ3v) is 5.15. The Bertz CT molecular complexity index is 772. The fraction of sp³-hybridized carbons (Fsp3) is 0.444. The molecule has 0 aliphatic carbocycles. The Labute approximate surface area is 163 Å². The normalized spacial score (nSPS) is 17.2. The van der Waals surface area contributed by atoms with Crippen LogP contribution >= 0.6 is 23.2 Å². The number of aryl methyl sites for hydroxylation is 1. The van der Waals surface area contributed by atoms with Gasteiger partial charge in [0.25, 0.3) is 0 Å². The Hall–Kier alpha value is -1.60. The second-order valence-electron chi connectivity index (χ2n) is 6.53. The van der Waals surface area contributed by atoms with Gasteiger partial charge in [0.2, 0.25) is 5.91 Å². The third kappa shape index (κ3) is 4.76. The summed E-state index contributed by atoms with van der Waals surface area (Å²) in [6, 6.07) is 6.73. The molecule has 0 radical (unpaired) electrons. The van der Waals surface area contributed by atoms with E-state index >= 15 is 0 Å². The molecule has 140 valence electrons. The van der Waals surface area contributed by atoms with Gasteiger partial charge >= 0.3 is 0 Å². The Morgan fingerprint density at radius 1 is 1.27 bits per heavy atom. The predicted molar refractivity (Wildman–Crippen MR) is 103 cm³/mol. The van der Waals surface area contributed by atoms with Crippen molar-refractivity contribution >= 4 is 34.8 Å². The fourth-order valence-electron chi connectivity index (χ4n) is 3.03. The molecule has 0 spiro atoms. The predicted octanol–water partition coefficient (Wildman–Crippen LogP) is 3.43. The standard InChI is InChI=1S/C18H22Cl2N4O2/c1-12-9-15(22-26-12)11-23-5-7-24(8-6-23)13(2)18(25)21-17-10-14(19)3-4-16(17)20/h3-4,9-10,13H,5-8,11H2,1-2H3,(H,21,25)/t13-/m1/s1. The zero-order valence-electron chi connectivity index (χ0n) is 14.8. The quantitative estimate of drug-likeness (QED) is 0.838. The van der Waals surface area contributed by atoms with Crippen molar-refractivity contribution in [3.8, 4) is 0 Å². The molecule has 3 rings (SSSR count). The lowest BCUT2D eigenvalue weighted by molar-refractivity contribution is -0.121. The number of nitrogens with one attached hydrogen (secondary N) is 1. The number of anilines is 1. The molecule has 6 nitrogen and oxygen atoms in total. The molecule has 1 aromatic carbocycles. The molecule has 0 bridgehead atoms. The molecular weight excluding hydrogens is 375 g/mol. The Morgan fingerprint density at radius 3 is 2.65 bits per heavy atom. The molecule has 0 saturated carbocycles. The lowest BCUT2D eigenvalue weighted by Crippen LogP contribution is -2.52. The first-order chi connectivity index (χ1) is 12.4. The van der Waals surface area contributed by atoms with E-state index in [1.807, 2.05) is 19.9 Å². The number of hydrogen-bond donors (Lipinski definition) is 1. The van der Waals surface area contributed by atoms with Crippen LogP contribution in [0, 0.1) is 6.92 Å². The number of hydrogen-bond acceptors (Lipinski definition) is 5. The van der Waals surface area contributed by atoms with Gasteiger partial charge in [0.15, 0.2) is 0 Å². The highest BCUT2D eigenvalue weighted by Crippen LogP contribution is 2.25. The van der Waals surface area contributed by atoms with Crippen LogP contribution in [0.1, 0.15) is 18.4 Å². The maximum Gasteiger partial charge on any atom is 0.241 e. The van der Waals surface area contributed by atoms with E-state index in [9.17, 15) is 4.79 Å². The number of benzene rings is 1. The second kappa shape index (κ2) is 8.39. The van der Waals surface area contributed by atoms with Crippen LogP contribution in [-0.2, 0) is 11.3 Å². The highest BCUT2D eigenvalue weighted by atomic mass is 35.5. The summed E-state index contributed by atoms with van der Waals surface area (Å²) in [7, 11) is 0. The lowest BCUT2D eigenvalue weighted by atomic mass is 10.2. The number of carbonyl (C=O) groups is 1. The van der Waals surface area contributed by atoms with Gasteiger partial charge in [-0.2, -0.15) is 0 Å². The number of carbonyl (C=O) groups excluding carboxylic acids is 1. The number of halogens is 2. The smallest absolute Gasteiger partial charge is 0.241 e. The molecule has 1 aromatic heterocycles. The molecule has 0 unspecified atom stereocenters. The molecule has 1 aliphatic heterocycles. The molecule has 1 N–H and O–H groups in total. The fourth-order valence-corrected chi connectivity index (χ4v) is 3.36. The van der Waals surface area contributed by atoms with Gasteiger partial charge in [-0.15, -0.1) is 0 Å². The van der Waals surface area contributed by atoms with E-state index in [2.05, 4.69) is 20.3 Å². The van der Waals surface area contributed by atoms with Crippen LogP contribution in [0.2, 0.25) is 10.0 Å². The van der Waals surface area contributed by atoms with Crippen molar-refractivity contribution in [3.05, 3.63) is 45.8 Å². The van der Waals surface area contributed by atoms with Gasteiger partial charge in [0.1, 0.15) is 5.76 Å². The molecule has 1 fully saturated rings. The summed E-state index contributed by atoms with van der Waals surface area (Å²) < 4.78 is 5.11. The first-order valence-electron chi connectivity index (χ1n) is 8.57. The Morgan fingerprint density at radius 2 is 2.00 bits per heavy atom. The van der Waals surface area contributed by atoms with Crippen molar-refractivity contribution in [2.75, 3.05) is 31.5 Å². The third-order valence-electron chi connectivity index (χ3n) is 4.58. The SMILES string of the molecule is Cc1cc(CN2CCN([C@H](C)C(=O)Nc3cc(Cl)ccc3Cl)CC2)no1. The summed E-state index contributed by atoms with van der Waals surface area (Å²) in [6.07, 6.45) is 0. The topological polar surface area (TPSA) is 61.6 Å². The molecule has 26 heavy (non-hydrogen) atoms. The number of rotatable bonds is 5. The number of nitrogens with zero attached hydrogens (tertiary/aromatic N) is 3. The second-order valence-corrected chi connectivity index (χ2v) is 7.37. The van der Waals surface area contributed by atoms with Crippen molar-refractivity contribution in [1.82, 2.24) is 15.0 Å². The minimum Gasteiger partial charge on any atom is -0.361 e. The molecule has 1 saturated heterocycles. The lowest BCUT2D eigenvalue weighted by Gasteiger charge is -2.37. The zero-order valence-corrected chi connectivity index (χ0v) is 16.3. The van der Waals surface area contributed by atoms with Crippen LogP contribution < -0.4 is 5.32 Å². The van der Waals surface area contributed by atoms with Crippen molar-refractivity contribution in [3.63, 3.8) is 0 Å².